The summed E-state index contributed by atoms with van der Waals surface area (Å²) in [5.41, 5.74) is 3.16. The fourth-order valence-corrected chi connectivity index (χ4v) is 3.89. The van der Waals surface area contributed by atoms with Crippen LogP contribution in [-0.2, 0) is 17.6 Å². The lowest BCUT2D eigenvalue weighted by atomic mass is 10.1. The average molecular weight is 357 g/mol. The van der Waals surface area contributed by atoms with Crippen LogP contribution in [0.25, 0.3) is 0 Å². The van der Waals surface area contributed by atoms with E-state index in [0.717, 1.165) is 31.4 Å². The van der Waals surface area contributed by atoms with Gasteiger partial charge >= 0.3 is 11.7 Å². The first kappa shape index (κ1) is 16.8. The lowest BCUT2D eigenvalue weighted by Crippen LogP contribution is -2.42. The predicted octanol–water partition coefficient (Wildman–Crippen LogP) is 1.55. The summed E-state index contributed by atoms with van der Waals surface area (Å²) in [4.78, 5) is 26.0. The Morgan fingerprint density at radius 3 is 2.73 bits per heavy atom. The molecule has 8 heteroatoms. The Hall–Kier alpha value is -2.61. The Morgan fingerprint density at radius 2 is 2.04 bits per heavy atom. The van der Waals surface area contributed by atoms with Crippen LogP contribution in [0.2, 0.25) is 0 Å². The van der Waals surface area contributed by atoms with Crippen molar-refractivity contribution in [3.05, 3.63) is 46.1 Å². The second kappa shape index (κ2) is 6.95. The number of rotatable bonds is 3. The number of anilines is 1. The molecule has 2 aliphatic rings. The smallest absolute Gasteiger partial charge is 0.343 e. The Labute approximate surface area is 151 Å². The molecule has 26 heavy (non-hydrogen) atoms. The number of piperidine rings is 1. The van der Waals surface area contributed by atoms with E-state index in [1.165, 1.54) is 17.5 Å². The monoisotopic (exact) mass is 357 g/mol. The van der Waals surface area contributed by atoms with Crippen molar-refractivity contribution in [3.8, 4) is 0 Å². The zero-order chi connectivity index (χ0) is 18.1. The van der Waals surface area contributed by atoms with E-state index in [4.69, 9.17) is 4.74 Å². The highest BCUT2D eigenvalue weighted by Crippen LogP contribution is 2.27. The molecule has 2 amide bonds. The minimum absolute atomic E-state index is 0.0933. The molecule has 2 N–H and O–H groups in total. The first-order valence-electron chi connectivity index (χ1n) is 8.96. The van der Waals surface area contributed by atoms with Crippen molar-refractivity contribution in [1.29, 1.82) is 0 Å². The maximum absolute atomic E-state index is 12.6. The largest absolute Gasteiger partial charge is 0.381 e. The summed E-state index contributed by atoms with van der Waals surface area (Å²) < 4.78 is 7.05. The molecule has 2 aromatic rings. The third kappa shape index (κ3) is 3.24. The van der Waals surface area contributed by atoms with Crippen LogP contribution in [-0.4, -0.2) is 52.0 Å². The maximum Gasteiger partial charge on any atom is 0.343 e. The van der Waals surface area contributed by atoms with Crippen molar-refractivity contribution in [1.82, 2.24) is 19.7 Å². The van der Waals surface area contributed by atoms with Crippen LogP contribution in [0.5, 0.6) is 0 Å². The standard InChI is InChI=1S/C18H23N5O3/c1-26-16-9-12-2-3-14(8-13(12)10-16)20-17(24)22-6-4-15(5-7-22)23-11-19-21-18(23)25/h2-3,8,11,15-16H,4-7,9-10H2,1H3,(H,20,24)(H,21,25). The molecule has 1 aromatic heterocycles. The van der Waals surface area contributed by atoms with Gasteiger partial charge < -0.3 is 15.0 Å². The van der Waals surface area contributed by atoms with Crippen molar-refractivity contribution in [2.45, 2.75) is 37.8 Å². The molecule has 138 valence electrons. The summed E-state index contributed by atoms with van der Waals surface area (Å²) in [5.74, 6) is 0. The fourth-order valence-electron chi connectivity index (χ4n) is 3.89. The summed E-state index contributed by atoms with van der Waals surface area (Å²) >= 11 is 0. The van der Waals surface area contributed by atoms with Crippen LogP contribution in [0.15, 0.2) is 29.3 Å². The molecule has 1 aliphatic carbocycles. The summed E-state index contributed by atoms with van der Waals surface area (Å²) in [7, 11) is 1.74. The molecule has 0 saturated carbocycles. The molecule has 8 nitrogen and oxygen atoms in total. The normalized spacial score (nSPS) is 20.2. The molecule has 1 fully saturated rings. The number of hydrogen-bond donors (Lipinski definition) is 2. The number of amides is 2. The van der Waals surface area contributed by atoms with Gasteiger partial charge in [0.1, 0.15) is 6.33 Å². The number of H-pyrrole nitrogens is 1. The first-order valence-corrected chi connectivity index (χ1v) is 8.96. The minimum Gasteiger partial charge on any atom is -0.381 e. The maximum atomic E-state index is 12.6. The number of nitrogens with zero attached hydrogens (tertiary/aromatic N) is 3. The number of likely N-dealkylation sites (tertiary alicyclic amines) is 1. The van der Waals surface area contributed by atoms with Crippen molar-refractivity contribution < 1.29 is 9.53 Å². The zero-order valence-electron chi connectivity index (χ0n) is 14.8. The molecule has 0 bridgehead atoms. The van der Waals surface area contributed by atoms with E-state index in [2.05, 4.69) is 21.6 Å². The molecule has 1 saturated heterocycles. The number of benzene rings is 1. The summed E-state index contributed by atoms with van der Waals surface area (Å²) in [5, 5.41) is 9.18. The van der Waals surface area contributed by atoms with Crippen LogP contribution in [0, 0.1) is 0 Å². The van der Waals surface area contributed by atoms with Crippen LogP contribution in [0.1, 0.15) is 30.0 Å². The van der Waals surface area contributed by atoms with Gasteiger partial charge in [0.2, 0.25) is 0 Å². The number of carbonyl (C=O) groups excluding carboxylic acids is 1. The Balaban J connectivity index is 1.35. The van der Waals surface area contributed by atoms with Crippen LogP contribution in [0.3, 0.4) is 0 Å². The quantitative estimate of drug-likeness (QED) is 0.872. The topological polar surface area (TPSA) is 92.2 Å². The number of aromatic amines is 1. The van der Waals surface area contributed by atoms with Crippen molar-refractivity contribution in [2.75, 3.05) is 25.5 Å². The van der Waals surface area contributed by atoms with Gasteiger partial charge in [0, 0.05) is 31.9 Å². The van der Waals surface area contributed by atoms with Gasteiger partial charge in [-0.3, -0.25) is 4.57 Å². The number of ether oxygens (including phenoxy) is 1. The Kier molecular flexibility index (Phi) is 4.50. The summed E-state index contributed by atoms with van der Waals surface area (Å²) in [6.07, 6.45) is 5.07. The third-order valence-electron chi connectivity index (χ3n) is 5.41. The van der Waals surface area contributed by atoms with E-state index in [1.807, 2.05) is 12.1 Å². The highest BCUT2D eigenvalue weighted by molar-refractivity contribution is 5.89. The number of hydrogen-bond acceptors (Lipinski definition) is 4. The van der Waals surface area contributed by atoms with E-state index < -0.39 is 0 Å². The molecule has 0 radical (unpaired) electrons. The van der Waals surface area contributed by atoms with Gasteiger partial charge in [-0.1, -0.05) is 6.07 Å². The molecule has 2 heterocycles. The molecule has 1 aliphatic heterocycles. The van der Waals surface area contributed by atoms with Gasteiger partial charge in [-0.05, 0) is 48.9 Å². The van der Waals surface area contributed by atoms with Crippen molar-refractivity contribution >= 4 is 11.7 Å². The van der Waals surface area contributed by atoms with Crippen LogP contribution < -0.4 is 11.0 Å². The van der Waals surface area contributed by atoms with Crippen molar-refractivity contribution in [2.24, 2.45) is 0 Å². The summed E-state index contributed by atoms with van der Waals surface area (Å²) in [6.45, 7) is 1.23. The number of fused-ring (bicyclic) bond motifs is 1. The van der Waals surface area contributed by atoms with Gasteiger partial charge in [-0.25, -0.2) is 14.7 Å². The number of urea groups is 1. The second-order valence-electron chi connectivity index (χ2n) is 6.97. The molecular weight excluding hydrogens is 334 g/mol. The second-order valence-corrected chi connectivity index (χ2v) is 6.97. The van der Waals surface area contributed by atoms with E-state index >= 15 is 0 Å². The molecular formula is C18H23N5O3. The molecule has 1 unspecified atom stereocenters. The lowest BCUT2D eigenvalue weighted by Gasteiger charge is -2.32. The molecule has 4 rings (SSSR count). The van der Waals surface area contributed by atoms with Gasteiger partial charge in [-0.2, -0.15) is 5.10 Å². The Bertz CT molecular complexity index is 851. The summed E-state index contributed by atoms with van der Waals surface area (Å²) in [6, 6.07) is 6.07. The van der Waals surface area contributed by atoms with Gasteiger partial charge in [-0.15, -0.1) is 0 Å². The Morgan fingerprint density at radius 1 is 1.27 bits per heavy atom. The SMILES string of the molecule is COC1Cc2ccc(NC(=O)N3CCC(n4cn[nH]c4=O)CC3)cc2C1. The number of carbonyl (C=O) groups is 1. The molecule has 1 aromatic carbocycles. The number of nitrogens with one attached hydrogen (secondary N) is 2. The van der Waals surface area contributed by atoms with E-state index in [-0.39, 0.29) is 23.9 Å². The number of methoxy groups -OCH3 is 1. The average Bonchev–Trinajstić information content (AvgIpc) is 3.27. The van der Waals surface area contributed by atoms with E-state index in [9.17, 15) is 9.59 Å². The third-order valence-corrected chi connectivity index (χ3v) is 5.41. The van der Waals surface area contributed by atoms with Crippen LogP contribution in [0.4, 0.5) is 10.5 Å². The highest BCUT2D eigenvalue weighted by Gasteiger charge is 2.26. The van der Waals surface area contributed by atoms with Gasteiger partial charge in [0.05, 0.1) is 6.10 Å². The predicted molar refractivity (Wildman–Crippen MR) is 96.4 cm³/mol. The van der Waals surface area contributed by atoms with E-state index in [1.54, 1.807) is 16.6 Å². The number of aromatic nitrogens is 3. The highest BCUT2D eigenvalue weighted by atomic mass is 16.5. The van der Waals surface area contributed by atoms with E-state index in [0.29, 0.717) is 13.1 Å². The molecule has 1 atom stereocenters. The fraction of sp³-hybridized carbons (Fsp3) is 0.500. The molecule has 0 spiro atoms. The lowest BCUT2D eigenvalue weighted by molar-refractivity contribution is 0.112. The van der Waals surface area contributed by atoms with Crippen LogP contribution >= 0.6 is 0 Å². The first-order chi connectivity index (χ1) is 12.6. The zero-order valence-corrected chi connectivity index (χ0v) is 14.8. The van der Waals surface area contributed by atoms with Gasteiger partial charge in [0.15, 0.2) is 0 Å². The van der Waals surface area contributed by atoms with Gasteiger partial charge in [0.25, 0.3) is 0 Å². The minimum atomic E-state index is -0.194. The van der Waals surface area contributed by atoms with Crippen molar-refractivity contribution in [3.63, 3.8) is 0 Å².